The maximum atomic E-state index is 12.5. The summed E-state index contributed by atoms with van der Waals surface area (Å²) in [6.45, 7) is 3.29. The molecule has 6 heteroatoms. The quantitative estimate of drug-likeness (QED) is 0.604. The van der Waals surface area contributed by atoms with Gasteiger partial charge in [-0.15, -0.1) is 0 Å². The van der Waals surface area contributed by atoms with Crippen LogP contribution in [0.3, 0.4) is 0 Å². The fourth-order valence-corrected chi connectivity index (χ4v) is 4.68. The Labute approximate surface area is 190 Å². The molecular formula is C25H23BrN4O. The van der Waals surface area contributed by atoms with Crippen LogP contribution in [0.15, 0.2) is 88.4 Å². The molecular weight excluding hydrogens is 452 g/mol. The number of rotatable bonds is 4. The number of carbonyl (C=O) groups is 1. The van der Waals surface area contributed by atoms with Crippen LogP contribution < -0.4 is 5.32 Å². The molecule has 156 valence electrons. The first-order valence-corrected chi connectivity index (χ1v) is 11.3. The fourth-order valence-electron chi connectivity index (χ4n) is 4.32. The Morgan fingerprint density at radius 1 is 0.839 bits per heavy atom. The van der Waals surface area contributed by atoms with Gasteiger partial charge in [-0.1, -0.05) is 76.6 Å². The van der Waals surface area contributed by atoms with Crippen molar-refractivity contribution >= 4 is 33.2 Å². The maximum Gasteiger partial charge on any atom is 0.276 e. The molecule has 2 aliphatic heterocycles. The van der Waals surface area contributed by atoms with E-state index in [1.807, 2.05) is 23.2 Å². The summed E-state index contributed by atoms with van der Waals surface area (Å²) in [5.41, 5.74) is 4.75. The monoisotopic (exact) mass is 474 g/mol. The molecule has 0 spiro atoms. The lowest BCUT2D eigenvalue weighted by Crippen LogP contribution is -2.46. The largest absolute Gasteiger partial charge is 0.320 e. The lowest BCUT2D eigenvalue weighted by molar-refractivity contribution is -0.110. The van der Waals surface area contributed by atoms with E-state index in [9.17, 15) is 4.79 Å². The van der Waals surface area contributed by atoms with E-state index < -0.39 is 0 Å². The van der Waals surface area contributed by atoms with Crippen LogP contribution in [0.2, 0.25) is 0 Å². The number of nitrogens with one attached hydrogen (secondary N) is 1. The smallest absolute Gasteiger partial charge is 0.276 e. The summed E-state index contributed by atoms with van der Waals surface area (Å²) < 4.78 is 0.939. The molecule has 1 N–H and O–H groups in total. The van der Waals surface area contributed by atoms with E-state index in [0.717, 1.165) is 41.9 Å². The van der Waals surface area contributed by atoms with Gasteiger partial charge in [0, 0.05) is 36.2 Å². The van der Waals surface area contributed by atoms with Crippen molar-refractivity contribution in [3.05, 3.63) is 100 Å². The van der Waals surface area contributed by atoms with Crippen molar-refractivity contribution in [3.8, 4) is 0 Å². The van der Waals surface area contributed by atoms with Gasteiger partial charge >= 0.3 is 0 Å². The molecule has 0 radical (unpaired) electrons. The molecule has 0 aliphatic carbocycles. The molecule has 0 unspecified atom stereocenters. The topological polar surface area (TPSA) is 47.9 Å². The van der Waals surface area contributed by atoms with E-state index in [0.29, 0.717) is 5.71 Å². The zero-order valence-corrected chi connectivity index (χ0v) is 18.6. The molecule has 3 aromatic carbocycles. The van der Waals surface area contributed by atoms with Gasteiger partial charge in [-0.05, 0) is 29.3 Å². The third-order valence-corrected chi connectivity index (χ3v) is 6.32. The van der Waals surface area contributed by atoms with Crippen LogP contribution >= 0.6 is 15.9 Å². The van der Waals surface area contributed by atoms with E-state index in [4.69, 9.17) is 5.10 Å². The van der Waals surface area contributed by atoms with Crippen molar-refractivity contribution in [2.45, 2.75) is 6.04 Å². The summed E-state index contributed by atoms with van der Waals surface area (Å²) in [5.74, 6) is -0.137. The molecule has 0 bridgehead atoms. The molecule has 1 saturated heterocycles. The average Bonchev–Trinajstić information content (AvgIpc) is 3.11. The van der Waals surface area contributed by atoms with E-state index >= 15 is 0 Å². The van der Waals surface area contributed by atoms with Gasteiger partial charge in [0.25, 0.3) is 5.91 Å². The van der Waals surface area contributed by atoms with Gasteiger partial charge in [-0.2, -0.15) is 5.10 Å². The Balaban J connectivity index is 1.36. The summed E-state index contributed by atoms with van der Waals surface area (Å²) in [6.07, 6.45) is 0. The molecule has 1 amide bonds. The third-order valence-electron chi connectivity index (χ3n) is 5.83. The number of hydrazone groups is 1. The van der Waals surface area contributed by atoms with Crippen LogP contribution in [0.5, 0.6) is 0 Å². The van der Waals surface area contributed by atoms with Crippen molar-refractivity contribution < 1.29 is 4.79 Å². The van der Waals surface area contributed by atoms with E-state index in [1.165, 1.54) is 11.1 Å². The Hall–Kier alpha value is -2.96. The average molecular weight is 475 g/mol. The molecule has 0 aromatic heterocycles. The molecule has 2 heterocycles. The van der Waals surface area contributed by atoms with Crippen LogP contribution in [0.4, 0.5) is 5.69 Å². The van der Waals surface area contributed by atoms with Crippen LogP contribution in [0, 0.1) is 0 Å². The van der Waals surface area contributed by atoms with Crippen molar-refractivity contribution in [1.82, 2.24) is 9.91 Å². The van der Waals surface area contributed by atoms with Gasteiger partial charge in [-0.3, -0.25) is 14.7 Å². The molecule has 0 saturated carbocycles. The Bertz CT molecular complexity index is 1070. The van der Waals surface area contributed by atoms with Gasteiger partial charge in [0.15, 0.2) is 5.71 Å². The second-order valence-electron chi connectivity index (χ2n) is 7.81. The normalized spacial score (nSPS) is 17.8. The number of halogens is 1. The predicted octanol–water partition coefficient (Wildman–Crippen LogP) is 4.51. The first kappa shape index (κ1) is 20.0. The number of hydrogen-bond acceptors (Lipinski definition) is 4. The van der Waals surface area contributed by atoms with Crippen LogP contribution in [-0.4, -0.2) is 47.7 Å². The Kier molecular flexibility index (Phi) is 5.57. The van der Waals surface area contributed by atoms with E-state index in [1.54, 1.807) is 0 Å². The highest BCUT2D eigenvalue weighted by atomic mass is 79.9. The minimum absolute atomic E-state index is 0.137. The lowest BCUT2D eigenvalue weighted by atomic mass is 9.96. The van der Waals surface area contributed by atoms with Crippen LogP contribution in [-0.2, 0) is 4.79 Å². The fraction of sp³-hybridized carbons (Fsp3) is 0.200. The highest BCUT2D eigenvalue weighted by Gasteiger charge is 2.29. The summed E-state index contributed by atoms with van der Waals surface area (Å²) in [6, 6.07) is 27.3. The first-order chi connectivity index (χ1) is 15.2. The van der Waals surface area contributed by atoms with Gasteiger partial charge in [0.1, 0.15) is 0 Å². The molecule has 0 atom stereocenters. The molecule has 5 rings (SSSR count). The summed E-state index contributed by atoms with van der Waals surface area (Å²) in [7, 11) is 0. The SMILES string of the molecule is O=C1Nc2ccc(Br)cc2C1=NN1CCN(C(c2ccccc2)c2ccccc2)CC1. The lowest BCUT2D eigenvalue weighted by Gasteiger charge is -2.38. The molecule has 1 fully saturated rings. The minimum atomic E-state index is -0.137. The molecule has 2 aliphatic rings. The number of fused-ring (bicyclic) bond motifs is 1. The van der Waals surface area contributed by atoms with Crippen molar-refractivity contribution in [1.29, 1.82) is 0 Å². The highest BCUT2D eigenvalue weighted by molar-refractivity contribution is 9.10. The molecule has 3 aromatic rings. The van der Waals surface area contributed by atoms with Gasteiger partial charge in [-0.25, -0.2) is 0 Å². The number of piperazine rings is 1. The standard InChI is InChI=1S/C25H23BrN4O/c26-20-11-12-22-21(17-20)23(25(31)27-22)28-30-15-13-29(14-16-30)24(18-7-3-1-4-8-18)19-9-5-2-6-10-19/h1-12,17,24H,13-16H2,(H,27,28,31). The number of benzene rings is 3. The molecule has 5 nitrogen and oxygen atoms in total. The van der Waals surface area contributed by atoms with Crippen molar-refractivity contribution in [2.24, 2.45) is 5.10 Å². The zero-order valence-electron chi connectivity index (χ0n) is 17.0. The molecule has 31 heavy (non-hydrogen) atoms. The summed E-state index contributed by atoms with van der Waals surface area (Å²) in [5, 5.41) is 9.66. The van der Waals surface area contributed by atoms with E-state index in [2.05, 4.69) is 86.8 Å². The second-order valence-corrected chi connectivity index (χ2v) is 8.72. The summed E-state index contributed by atoms with van der Waals surface area (Å²) >= 11 is 3.49. The van der Waals surface area contributed by atoms with E-state index in [-0.39, 0.29) is 11.9 Å². The minimum Gasteiger partial charge on any atom is -0.320 e. The number of nitrogens with zero attached hydrogens (tertiary/aromatic N) is 3. The van der Waals surface area contributed by atoms with Gasteiger partial charge < -0.3 is 5.32 Å². The van der Waals surface area contributed by atoms with Crippen LogP contribution in [0.25, 0.3) is 0 Å². The van der Waals surface area contributed by atoms with Gasteiger partial charge in [0.2, 0.25) is 0 Å². The second kappa shape index (κ2) is 8.65. The van der Waals surface area contributed by atoms with Crippen LogP contribution in [0.1, 0.15) is 22.7 Å². The van der Waals surface area contributed by atoms with Crippen molar-refractivity contribution in [3.63, 3.8) is 0 Å². The predicted molar refractivity (Wildman–Crippen MR) is 127 cm³/mol. The number of hydrogen-bond donors (Lipinski definition) is 1. The maximum absolute atomic E-state index is 12.5. The Morgan fingerprint density at radius 3 is 2.06 bits per heavy atom. The first-order valence-electron chi connectivity index (χ1n) is 10.5. The van der Waals surface area contributed by atoms with Crippen molar-refractivity contribution in [2.75, 3.05) is 31.5 Å². The summed E-state index contributed by atoms with van der Waals surface area (Å²) in [4.78, 5) is 15.0. The Morgan fingerprint density at radius 2 is 1.45 bits per heavy atom. The number of carbonyl (C=O) groups excluding carboxylic acids is 1. The van der Waals surface area contributed by atoms with Gasteiger partial charge in [0.05, 0.1) is 11.7 Å². The number of anilines is 1. The number of amides is 1. The third kappa shape index (κ3) is 4.13. The zero-order chi connectivity index (χ0) is 21.2. The highest BCUT2D eigenvalue weighted by Crippen LogP contribution is 2.30.